The van der Waals surface area contributed by atoms with Crippen molar-refractivity contribution in [3.8, 4) is 5.75 Å². The highest BCUT2D eigenvalue weighted by atomic mass is 32.2. The van der Waals surface area contributed by atoms with E-state index in [1.54, 1.807) is 13.0 Å². The average Bonchev–Trinajstić information content (AvgIpc) is 2.63. The molecule has 0 spiro atoms. The summed E-state index contributed by atoms with van der Waals surface area (Å²) in [6.07, 6.45) is 0.288. The van der Waals surface area contributed by atoms with E-state index in [9.17, 15) is 13.2 Å². The van der Waals surface area contributed by atoms with Crippen molar-refractivity contribution in [3.05, 3.63) is 54.1 Å². The van der Waals surface area contributed by atoms with Crippen molar-refractivity contribution in [3.63, 3.8) is 0 Å². The number of hydrogen-bond acceptors (Lipinski definition) is 4. The van der Waals surface area contributed by atoms with Gasteiger partial charge < -0.3 is 10.1 Å². The second-order valence-corrected chi connectivity index (χ2v) is 7.78. The Balaban J connectivity index is 2.32. The van der Waals surface area contributed by atoms with Crippen molar-refractivity contribution in [2.45, 2.75) is 31.7 Å². The maximum atomic E-state index is 12.9. The Morgan fingerprint density at radius 1 is 1.12 bits per heavy atom. The van der Waals surface area contributed by atoms with Crippen LogP contribution in [0.1, 0.15) is 25.8 Å². The van der Waals surface area contributed by atoms with Gasteiger partial charge in [0.25, 0.3) is 0 Å². The van der Waals surface area contributed by atoms with Crippen LogP contribution < -0.4 is 10.1 Å². The molecule has 0 aliphatic carbocycles. The van der Waals surface area contributed by atoms with Crippen LogP contribution in [0.3, 0.4) is 0 Å². The lowest BCUT2D eigenvalue weighted by Crippen LogP contribution is -2.26. The molecule has 0 saturated carbocycles. The molecule has 0 bridgehead atoms. The molecule has 140 valence electrons. The molecule has 0 aliphatic heterocycles. The van der Waals surface area contributed by atoms with E-state index in [0.717, 1.165) is 5.56 Å². The summed E-state index contributed by atoms with van der Waals surface area (Å²) in [6.45, 7) is 4.22. The fourth-order valence-electron chi connectivity index (χ4n) is 2.39. The molecule has 0 heterocycles. The van der Waals surface area contributed by atoms with Crippen LogP contribution >= 0.6 is 0 Å². The highest BCUT2D eigenvalue weighted by molar-refractivity contribution is 7.89. The number of sulfonamides is 1. The van der Waals surface area contributed by atoms with E-state index in [2.05, 4.69) is 5.32 Å². The first-order chi connectivity index (χ1) is 12.4. The molecular formula is C19H24N2O4S. The summed E-state index contributed by atoms with van der Waals surface area (Å²) in [7, 11) is -2.18. The molecule has 0 unspecified atom stereocenters. The molecule has 0 aliphatic rings. The maximum Gasteiger partial charge on any atom is 0.243 e. The molecule has 7 heteroatoms. The van der Waals surface area contributed by atoms with Crippen molar-refractivity contribution in [2.24, 2.45) is 0 Å². The van der Waals surface area contributed by atoms with Gasteiger partial charge in [0.05, 0.1) is 17.2 Å². The molecule has 1 N–H and O–H groups in total. The molecule has 0 saturated heterocycles. The van der Waals surface area contributed by atoms with Gasteiger partial charge in [-0.25, -0.2) is 8.42 Å². The standard InChI is InChI=1S/C19H24N2O4S/c1-4-19(22)20-17-13-16(11-12-18(17)25-5-2)26(23,24)21(3)14-15-9-7-6-8-10-15/h6-13H,4-5,14H2,1-3H3,(H,20,22). The van der Waals surface area contributed by atoms with Crippen LogP contribution in [-0.2, 0) is 21.4 Å². The summed E-state index contributed by atoms with van der Waals surface area (Å²) < 4.78 is 32.5. The highest BCUT2D eigenvalue weighted by Gasteiger charge is 2.22. The first-order valence-corrected chi connectivity index (χ1v) is 9.89. The summed E-state index contributed by atoms with van der Waals surface area (Å²) in [5, 5.41) is 2.70. The lowest BCUT2D eigenvalue weighted by atomic mass is 10.2. The third-order valence-corrected chi connectivity index (χ3v) is 5.60. The first-order valence-electron chi connectivity index (χ1n) is 8.45. The number of amides is 1. The van der Waals surface area contributed by atoms with Crippen LogP contribution in [0, 0.1) is 0 Å². The van der Waals surface area contributed by atoms with Gasteiger partial charge in [-0.2, -0.15) is 4.31 Å². The number of hydrogen-bond donors (Lipinski definition) is 1. The van der Waals surface area contributed by atoms with Gasteiger partial charge in [0, 0.05) is 20.0 Å². The van der Waals surface area contributed by atoms with E-state index < -0.39 is 10.0 Å². The fourth-order valence-corrected chi connectivity index (χ4v) is 3.58. The first kappa shape index (κ1) is 19.9. The largest absolute Gasteiger partial charge is 0.492 e. The molecule has 0 fully saturated rings. The monoisotopic (exact) mass is 376 g/mol. The van der Waals surface area contributed by atoms with Gasteiger partial charge in [-0.1, -0.05) is 37.3 Å². The molecule has 0 aromatic heterocycles. The molecule has 1 amide bonds. The van der Waals surface area contributed by atoms with E-state index in [1.807, 2.05) is 37.3 Å². The van der Waals surface area contributed by atoms with Crippen LogP contribution in [-0.4, -0.2) is 32.3 Å². The van der Waals surface area contributed by atoms with Crippen molar-refractivity contribution < 1.29 is 17.9 Å². The topological polar surface area (TPSA) is 75.7 Å². The Morgan fingerprint density at radius 2 is 1.81 bits per heavy atom. The Morgan fingerprint density at radius 3 is 2.42 bits per heavy atom. The summed E-state index contributed by atoms with van der Waals surface area (Å²) in [6, 6.07) is 13.9. The Hall–Kier alpha value is -2.38. The normalized spacial score (nSPS) is 11.4. The van der Waals surface area contributed by atoms with Crippen LogP contribution in [0.25, 0.3) is 0 Å². The van der Waals surface area contributed by atoms with E-state index in [-0.39, 0.29) is 23.8 Å². The van der Waals surface area contributed by atoms with Crippen LogP contribution in [0.2, 0.25) is 0 Å². The number of ether oxygens (including phenoxy) is 1. The molecule has 0 radical (unpaired) electrons. The van der Waals surface area contributed by atoms with Gasteiger partial charge in [0.15, 0.2) is 0 Å². The van der Waals surface area contributed by atoms with Gasteiger partial charge in [0.2, 0.25) is 15.9 Å². The van der Waals surface area contributed by atoms with Crippen molar-refractivity contribution in [1.82, 2.24) is 4.31 Å². The minimum atomic E-state index is -3.71. The lowest BCUT2D eigenvalue weighted by molar-refractivity contribution is -0.115. The summed E-state index contributed by atoms with van der Waals surface area (Å²) in [4.78, 5) is 11.8. The Bertz CT molecular complexity index is 851. The zero-order chi connectivity index (χ0) is 19.2. The zero-order valence-corrected chi connectivity index (χ0v) is 16.0. The van der Waals surface area contributed by atoms with Gasteiger partial charge in [-0.05, 0) is 30.7 Å². The predicted molar refractivity (Wildman–Crippen MR) is 102 cm³/mol. The van der Waals surface area contributed by atoms with Crippen molar-refractivity contribution >= 4 is 21.6 Å². The van der Waals surface area contributed by atoms with E-state index >= 15 is 0 Å². The highest BCUT2D eigenvalue weighted by Crippen LogP contribution is 2.29. The number of carbonyl (C=O) groups is 1. The third kappa shape index (κ3) is 4.83. The molecule has 6 nitrogen and oxygen atoms in total. The number of benzene rings is 2. The smallest absolute Gasteiger partial charge is 0.243 e. The van der Waals surface area contributed by atoms with Crippen LogP contribution in [0.5, 0.6) is 5.75 Å². The van der Waals surface area contributed by atoms with Crippen LogP contribution in [0.4, 0.5) is 5.69 Å². The van der Waals surface area contributed by atoms with Gasteiger partial charge in [-0.3, -0.25) is 4.79 Å². The van der Waals surface area contributed by atoms with Crippen LogP contribution in [0.15, 0.2) is 53.4 Å². The zero-order valence-electron chi connectivity index (χ0n) is 15.2. The number of carbonyl (C=O) groups excluding carboxylic acids is 1. The molecule has 2 rings (SSSR count). The lowest BCUT2D eigenvalue weighted by Gasteiger charge is -2.19. The summed E-state index contributed by atoms with van der Waals surface area (Å²) >= 11 is 0. The minimum Gasteiger partial charge on any atom is -0.492 e. The van der Waals surface area contributed by atoms with E-state index in [1.165, 1.54) is 23.5 Å². The summed E-state index contributed by atoms with van der Waals surface area (Å²) in [5.41, 5.74) is 1.25. The third-order valence-electron chi connectivity index (χ3n) is 3.80. The SMILES string of the molecule is CCOc1ccc(S(=O)(=O)N(C)Cc2ccccc2)cc1NC(=O)CC. The molecule has 2 aromatic rings. The summed E-state index contributed by atoms with van der Waals surface area (Å²) in [5.74, 6) is 0.233. The number of nitrogens with one attached hydrogen (secondary N) is 1. The molecular weight excluding hydrogens is 352 g/mol. The number of nitrogens with zero attached hydrogens (tertiary/aromatic N) is 1. The van der Waals surface area contributed by atoms with Gasteiger partial charge >= 0.3 is 0 Å². The van der Waals surface area contributed by atoms with Crippen molar-refractivity contribution in [1.29, 1.82) is 0 Å². The molecule has 26 heavy (non-hydrogen) atoms. The Kier molecular flexibility index (Phi) is 6.76. The quantitative estimate of drug-likeness (QED) is 0.767. The fraction of sp³-hybridized carbons (Fsp3) is 0.316. The molecule has 2 aromatic carbocycles. The van der Waals surface area contributed by atoms with Gasteiger partial charge in [-0.15, -0.1) is 0 Å². The number of anilines is 1. The van der Waals surface area contributed by atoms with E-state index in [0.29, 0.717) is 18.0 Å². The minimum absolute atomic E-state index is 0.103. The van der Waals surface area contributed by atoms with Crippen molar-refractivity contribution in [2.75, 3.05) is 19.0 Å². The predicted octanol–water partition coefficient (Wildman–Crippen LogP) is 3.25. The second kappa shape index (κ2) is 8.82. The number of rotatable bonds is 8. The van der Waals surface area contributed by atoms with Gasteiger partial charge in [0.1, 0.15) is 5.75 Å². The average molecular weight is 376 g/mol. The molecule has 0 atom stereocenters. The van der Waals surface area contributed by atoms with E-state index in [4.69, 9.17) is 4.74 Å². The second-order valence-electron chi connectivity index (χ2n) is 5.74. The Labute approximate surface area is 154 Å². The maximum absolute atomic E-state index is 12.9.